The van der Waals surface area contributed by atoms with Gasteiger partial charge in [0.15, 0.2) is 6.10 Å². The van der Waals surface area contributed by atoms with Crippen molar-refractivity contribution in [3.05, 3.63) is 54.1 Å². The Morgan fingerprint density at radius 2 is 1.86 bits per heavy atom. The highest BCUT2D eigenvalue weighted by atomic mass is 16.5. The van der Waals surface area contributed by atoms with E-state index in [1.807, 2.05) is 6.92 Å². The molecule has 2 N–H and O–H groups in total. The highest BCUT2D eigenvalue weighted by Crippen LogP contribution is 2.33. The van der Waals surface area contributed by atoms with Crippen molar-refractivity contribution < 1.29 is 23.9 Å². The van der Waals surface area contributed by atoms with E-state index < -0.39 is 12.0 Å². The summed E-state index contributed by atoms with van der Waals surface area (Å²) in [6.07, 6.45) is -0.826. The van der Waals surface area contributed by atoms with Crippen LogP contribution in [-0.2, 0) is 9.59 Å². The molecule has 0 saturated heterocycles. The molecule has 152 valence electrons. The maximum Gasteiger partial charge on any atom is 0.262 e. The molecule has 2 aromatic rings. The fourth-order valence-electron chi connectivity index (χ4n) is 3.05. The Labute approximate surface area is 168 Å². The normalized spacial score (nSPS) is 15.0. The second-order valence-electron chi connectivity index (χ2n) is 6.30. The van der Waals surface area contributed by atoms with Crippen LogP contribution in [0.25, 0.3) is 0 Å². The molecule has 0 aliphatic carbocycles. The lowest BCUT2D eigenvalue weighted by Gasteiger charge is -2.34. The van der Waals surface area contributed by atoms with E-state index in [4.69, 9.17) is 9.47 Å². The lowest BCUT2D eigenvalue weighted by atomic mass is 10.1. The number of para-hydroxylation sites is 3. The van der Waals surface area contributed by atoms with Gasteiger partial charge in [0.1, 0.15) is 11.5 Å². The maximum atomic E-state index is 12.9. The number of hydrogen-bond donors (Lipinski definition) is 2. The van der Waals surface area contributed by atoms with Crippen LogP contribution >= 0.6 is 0 Å². The molecular weight excluding hydrogens is 374 g/mol. The summed E-state index contributed by atoms with van der Waals surface area (Å²) in [5.41, 5.74) is 0.911. The van der Waals surface area contributed by atoms with E-state index in [-0.39, 0.29) is 24.9 Å². The SMILES string of the molecule is CCOc1ccccc1C(=O)NCC(=O)N1C[C@@H](C(=O)NC)Oc2ccccc21. The van der Waals surface area contributed by atoms with E-state index in [0.717, 1.165) is 0 Å². The molecule has 0 bridgehead atoms. The Morgan fingerprint density at radius 3 is 2.62 bits per heavy atom. The quantitative estimate of drug-likeness (QED) is 0.767. The van der Waals surface area contributed by atoms with Crippen LogP contribution in [0, 0.1) is 0 Å². The zero-order chi connectivity index (χ0) is 20.8. The molecule has 0 radical (unpaired) electrons. The standard InChI is InChI=1S/C21H23N3O5/c1-3-28-16-10-6-4-8-14(16)20(26)23-12-19(25)24-13-18(21(27)22-2)29-17-11-7-5-9-15(17)24/h4-11,18H,3,12-13H2,1-2H3,(H,22,27)(H,23,26)/t18-/m0/s1. The third-order valence-corrected chi connectivity index (χ3v) is 4.45. The first-order chi connectivity index (χ1) is 14.0. The van der Waals surface area contributed by atoms with Crippen molar-refractivity contribution in [1.29, 1.82) is 0 Å². The van der Waals surface area contributed by atoms with Crippen molar-refractivity contribution >= 4 is 23.4 Å². The fourth-order valence-corrected chi connectivity index (χ4v) is 3.05. The zero-order valence-electron chi connectivity index (χ0n) is 16.3. The molecular formula is C21H23N3O5. The summed E-state index contributed by atoms with van der Waals surface area (Å²) < 4.78 is 11.2. The molecule has 0 aromatic heterocycles. The molecule has 1 aliphatic heterocycles. The molecule has 8 nitrogen and oxygen atoms in total. The third-order valence-electron chi connectivity index (χ3n) is 4.45. The van der Waals surface area contributed by atoms with Gasteiger partial charge in [-0.3, -0.25) is 14.4 Å². The Hall–Kier alpha value is -3.55. The van der Waals surface area contributed by atoms with E-state index in [0.29, 0.717) is 29.4 Å². The molecule has 0 spiro atoms. The Morgan fingerprint density at radius 1 is 1.14 bits per heavy atom. The highest BCUT2D eigenvalue weighted by Gasteiger charge is 2.33. The van der Waals surface area contributed by atoms with E-state index in [1.165, 1.54) is 11.9 Å². The van der Waals surface area contributed by atoms with Crippen molar-refractivity contribution in [2.75, 3.05) is 31.6 Å². The first-order valence-corrected chi connectivity index (χ1v) is 9.32. The number of carbonyl (C=O) groups excluding carboxylic acids is 3. The van der Waals surface area contributed by atoms with Gasteiger partial charge >= 0.3 is 0 Å². The highest BCUT2D eigenvalue weighted by molar-refractivity contribution is 6.03. The summed E-state index contributed by atoms with van der Waals surface area (Å²) in [5, 5.41) is 5.16. The average Bonchev–Trinajstić information content (AvgIpc) is 2.76. The van der Waals surface area contributed by atoms with Crippen molar-refractivity contribution in [2.24, 2.45) is 0 Å². The van der Waals surface area contributed by atoms with Crippen LogP contribution in [0.5, 0.6) is 11.5 Å². The summed E-state index contributed by atoms with van der Waals surface area (Å²) in [4.78, 5) is 38.9. The number of likely N-dealkylation sites (N-methyl/N-ethyl adjacent to an activating group) is 1. The zero-order valence-corrected chi connectivity index (χ0v) is 16.3. The van der Waals surface area contributed by atoms with Crippen molar-refractivity contribution in [3.8, 4) is 11.5 Å². The number of anilines is 1. The Bertz CT molecular complexity index is 915. The second kappa shape index (κ2) is 9.09. The summed E-state index contributed by atoms with van der Waals surface area (Å²) in [6.45, 7) is 2.08. The minimum atomic E-state index is -0.826. The Balaban J connectivity index is 1.73. The first-order valence-electron chi connectivity index (χ1n) is 9.32. The number of ether oxygens (including phenoxy) is 2. The minimum absolute atomic E-state index is 0.0565. The topological polar surface area (TPSA) is 97.0 Å². The summed E-state index contributed by atoms with van der Waals surface area (Å²) in [7, 11) is 1.51. The van der Waals surface area contributed by atoms with Gasteiger partial charge in [0.2, 0.25) is 5.91 Å². The third kappa shape index (κ3) is 4.48. The van der Waals surface area contributed by atoms with Gasteiger partial charge in [0.05, 0.1) is 30.9 Å². The predicted molar refractivity (Wildman–Crippen MR) is 107 cm³/mol. The largest absolute Gasteiger partial charge is 0.493 e. The number of rotatable bonds is 6. The lowest BCUT2D eigenvalue weighted by Crippen LogP contribution is -2.52. The summed E-state index contributed by atoms with van der Waals surface area (Å²) in [5.74, 6) is -0.194. The van der Waals surface area contributed by atoms with Gasteiger partial charge in [-0.05, 0) is 31.2 Å². The molecule has 2 aromatic carbocycles. The van der Waals surface area contributed by atoms with Crippen molar-refractivity contribution in [2.45, 2.75) is 13.0 Å². The van der Waals surface area contributed by atoms with E-state index in [2.05, 4.69) is 10.6 Å². The van der Waals surface area contributed by atoms with Gasteiger partial charge in [-0.25, -0.2) is 0 Å². The van der Waals surface area contributed by atoms with Crippen LogP contribution in [0.3, 0.4) is 0 Å². The molecule has 0 saturated carbocycles. The number of nitrogens with zero attached hydrogens (tertiary/aromatic N) is 1. The van der Waals surface area contributed by atoms with Crippen LogP contribution in [0.4, 0.5) is 5.69 Å². The summed E-state index contributed by atoms with van der Waals surface area (Å²) >= 11 is 0. The van der Waals surface area contributed by atoms with Gasteiger partial charge in [0, 0.05) is 7.05 Å². The number of hydrogen-bond acceptors (Lipinski definition) is 5. The monoisotopic (exact) mass is 397 g/mol. The molecule has 1 heterocycles. The molecule has 0 fully saturated rings. The number of benzene rings is 2. The van der Waals surface area contributed by atoms with Crippen LogP contribution in [-0.4, -0.2) is 50.6 Å². The summed E-state index contributed by atoms with van der Waals surface area (Å²) in [6, 6.07) is 13.8. The molecule has 1 atom stereocenters. The molecule has 8 heteroatoms. The number of fused-ring (bicyclic) bond motifs is 1. The van der Waals surface area contributed by atoms with Gasteiger partial charge < -0.3 is 25.0 Å². The maximum absolute atomic E-state index is 12.9. The smallest absolute Gasteiger partial charge is 0.262 e. The number of carbonyl (C=O) groups is 3. The van der Waals surface area contributed by atoms with Crippen LogP contribution in [0.15, 0.2) is 48.5 Å². The van der Waals surface area contributed by atoms with Crippen molar-refractivity contribution in [3.63, 3.8) is 0 Å². The molecule has 29 heavy (non-hydrogen) atoms. The molecule has 1 aliphatic rings. The van der Waals surface area contributed by atoms with Crippen LogP contribution < -0.4 is 25.0 Å². The molecule has 3 rings (SSSR count). The van der Waals surface area contributed by atoms with Gasteiger partial charge in [-0.15, -0.1) is 0 Å². The van der Waals surface area contributed by atoms with Crippen molar-refractivity contribution in [1.82, 2.24) is 10.6 Å². The van der Waals surface area contributed by atoms with Crippen LogP contribution in [0.2, 0.25) is 0 Å². The lowest BCUT2D eigenvalue weighted by molar-refractivity contribution is -0.127. The number of nitrogens with one attached hydrogen (secondary N) is 2. The first kappa shape index (κ1) is 20.2. The Kier molecular flexibility index (Phi) is 6.33. The number of amides is 3. The minimum Gasteiger partial charge on any atom is -0.493 e. The molecule has 3 amide bonds. The van der Waals surface area contributed by atoms with Gasteiger partial charge in [0.25, 0.3) is 11.8 Å². The average molecular weight is 397 g/mol. The van der Waals surface area contributed by atoms with E-state index in [9.17, 15) is 14.4 Å². The fraction of sp³-hybridized carbons (Fsp3) is 0.286. The van der Waals surface area contributed by atoms with Gasteiger partial charge in [-0.1, -0.05) is 24.3 Å². The predicted octanol–water partition coefficient (Wildman–Crippen LogP) is 1.36. The molecule has 0 unspecified atom stereocenters. The van der Waals surface area contributed by atoms with Crippen LogP contribution in [0.1, 0.15) is 17.3 Å². The van der Waals surface area contributed by atoms with E-state index in [1.54, 1.807) is 48.5 Å². The van der Waals surface area contributed by atoms with E-state index >= 15 is 0 Å². The van der Waals surface area contributed by atoms with Gasteiger partial charge in [-0.2, -0.15) is 0 Å². The second-order valence-corrected chi connectivity index (χ2v) is 6.30.